The molecular formula is C11H8BrFN2O2. The molecule has 1 heterocycles. The maximum Gasteiger partial charge on any atom is 0.309 e. The predicted molar refractivity (Wildman–Crippen MR) is 63.0 cm³/mol. The molecule has 4 nitrogen and oxygen atoms in total. The lowest BCUT2D eigenvalue weighted by Crippen LogP contribution is -2.00. The van der Waals surface area contributed by atoms with Gasteiger partial charge in [0.2, 0.25) is 0 Å². The molecule has 0 atom stereocenters. The highest BCUT2D eigenvalue weighted by Gasteiger charge is 2.16. The van der Waals surface area contributed by atoms with E-state index in [0.717, 1.165) is 0 Å². The van der Waals surface area contributed by atoms with Gasteiger partial charge in [-0.25, -0.2) is 4.39 Å². The fourth-order valence-electron chi connectivity index (χ4n) is 1.46. The van der Waals surface area contributed by atoms with Crippen LogP contribution in [-0.2, 0) is 11.2 Å². The van der Waals surface area contributed by atoms with E-state index >= 15 is 0 Å². The van der Waals surface area contributed by atoms with Crippen LogP contribution in [-0.4, -0.2) is 21.3 Å². The summed E-state index contributed by atoms with van der Waals surface area (Å²) in [5.41, 5.74) is 1.11. The van der Waals surface area contributed by atoms with Crippen molar-refractivity contribution in [1.82, 2.24) is 10.2 Å². The first-order chi connectivity index (χ1) is 8.09. The first kappa shape index (κ1) is 11.8. The maximum atomic E-state index is 13.5. The van der Waals surface area contributed by atoms with Crippen LogP contribution in [0.15, 0.2) is 28.7 Å². The third kappa shape index (κ3) is 2.36. The number of carboxylic acids is 1. The Bertz CT molecular complexity index is 568. The first-order valence-electron chi connectivity index (χ1n) is 4.79. The van der Waals surface area contributed by atoms with Crippen molar-refractivity contribution in [1.29, 1.82) is 0 Å². The highest BCUT2D eigenvalue weighted by molar-refractivity contribution is 9.10. The number of nitrogens with one attached hydrogen (secondary N) is 1. The number of carbonyl (C=O) groups is 1. The fraction of sp³-hybridized carbons (Fsp3) is 0.0909. The van der Waals surface area contributed by atoms with Crippen LogP contribution in [0.5, 0.6) is 0 Å². The van der Waals surface area contributed by atoms with Crippen LogP contribution in [0.25, 0.3) is 11.3 Å². The van der Waals surface area contributed by atoms with Gasteiger partial charge >= 0.3 is 5.97 Å². The molecule has 2 rings (SSSR count). The number of hydrogen-bond acceptors (Lipinski definition) is 2. The third-order valence-electron chi connectivity index (χ3n) is 2.23. The van der Waals surface area contributed by atoms with Gasteiger partial charge in [-0.05, 0) is 28.1 Å². The highest BCUT2D eigenvalue weighted by Crippen LogP contribution is 2.30. The Hall–Kier alpha value is -1.69. The summed E-state index contributed by atoms with van der Waals surface area (Å²) in [4.78, 5) is 10.6. The lowest BCUT2D eigenvalue weighted by Gasteiger charge is -1.99. The molecule has 0 radical (unpaired) electrons. The van der Waals surface area contributed by atoms with E-state index in [9.17, 15) is 9.18 Å². The topological polar surface area (TPSA) is 66.0 Å². The molecule has 17 heavy (non-hydrogen) atoms. The number of halogens is 2. The molecule has 0 aliphatic heterocycles. The molecule has 1 aromatic carbocycles. The summed E-state index contributed by atoms with van der Waals surface area (Å²) >= 11 is 3.23. The van der Waals surface area contributed by atoms with Gasteiger partial charge in [0.15, 0.2) is 0 Å². The second kappa shape index (κ2) is 4.67. The van der Waals surface area contributed by atoms with Gasteiger partial charge < -0.3 is 5.11 Å². The second-order valence-corrected chi connectivity index (χ2v) is 4.21. The van der Waals surface area contributed by atoms with Crippen LogP contribution < -0.4 is 0 Å². The molecule has 0 fully saturated rings. The monoisotopic (exact) mass is 298 g/mol. The molecule has 0 unspecified atom stereocenters. The first-order valence-corrected chi connectivity index (χ1v) is 5.58. The van der Waals surface area contributed by atoms with Crippen LogP contribution in [0.3, 0.4) is 0 Å². The van der Waals surface area contributed by atoms with Gasteiger partial charge in [-0.3, -0.25) is 9.89 Å². The van der Waals surface area contributed by atoms with E-state index in [1.807, 2.05) is 0 Å². The van der Waals surface area contributed by atoms with E-state index in [0.29, 0.717) is 21.4 Å². The second-order valence-electron chi connectivity index (χ2n) is 3.42. The smallest absolute Gasteiger partial charge is 0.309 e. The van der Waals surface area contributed by atoms with Crippen LogP contribution in [0.2, 0.25) is 0 Å². The highest BCUT2D eigenvalue weighted by atomic mass is 79.9. The minimum absolute atomic E-state index is 0.192. The van der Waals surface area contributed by atoms with E-state index in [2.05, 4.69) is 26.1 Å². The Labute approximate surface area is 105 Å². The van der Waals surface area contributed by atoms with Gasteiger partial charge in [0.25, 0.3) is 0 Å². The Morgan fingerprint density at radius 2 is 2.18 bits per heavy atom. The van der Waals surface area contributed by atoms with E-state index in [-0.39, 0.29) is 6.42 Å². The van der Waals surface area contributed by atoms with Gasteiger partial charge in [-0.15, -0.1) is 0 Å². The molecule has 6 heteroatoms. The normalized spacial score (nSPS) is 10.5. The number of aromatic nitrogens is 2. The van der Waals surface area contributed by atoms with E-state index in [4.69, 9.17) is 5.11 Å². The molecule has 0 saturated heterocycles. The zero-order chi connectivity index (χ0) is 12.4. The zero-order valence-corrected chi connectivity index (χ0v) is 10.2. The molecule has 0 aliphatic carbocycles. The fourth-order valence-corrected chi connectivity index (χ4v) is 2.00. The van der Waals surface area contributed by atoms with Crippen LogP contribution in [0, 0.1) is 5.82 Å². The van der Waals surface area contributed by atoms with E-state index < -0.39 is 11.8 Å². The number of aliphatic carboxylic acids is 1. The van der Waals surface area contributed by atoms with Crippen molar-refractivity contribution in [3.05, 3.63) is 40.2 Å². The molecule has 88 valence electrons. The van der Waals surface area contributed by atoms with Gasteiger partial charge in [-0.2, -0.15) is 5.10 Å². The summed E-state index contributed by atoms with van der Waals surface area (Å²) < 4.78 is 14.0. The van der Waals surface area contributed by atoms with Crippen LogP contribution in [0.1, 0.15) is 5.69 Å². The average molecular weight is 299 g/mol. The molecule has 0 aliphatic rings. The van der Waals surface area contributed by atoms with Gasteiger partial charge in [0, 0.05) is 5.56 Å². The molecule has 1 aromatic heterocycles. The van der Waals surface area contributed by atoms with Crippen molar-refractivity contribution in [3.63, 3.8) is 0 Å². The number of hydrogen-bond donors (Lipinski definition) is 2. The van der Waals surface area contributed by atoms with Gasteiger partial charge in [0.05, 0.1) is 16.6 Å². The van der Waals surface area contributed by atoms with Gasteiger partial charge in [-0.1, -0.05) is 12.1 Å². The zero-order valence-electron chi connectivity index (χ0n) is 8.58. The van der Waals surface area contributed by atoms with Gasteiger partial charge in [0.1, 0.15) is 11.5 Å². The Morgan fingerprint density at radius 1 is 1.47 bits per heavy atom. The number of benzene rings is 1. The van der Waals surface area contributed by atoms with Crippen molar-refractivity contribution < 1.29 is 14.3 Å². The number of aromatic amines is 1. The lowest BCUT2D eigenvalue weighted by molar-refractivity contribution is -0.136. The minimum atomic E-state index is -0.977. The average Bonchev–Trinajstić information content (AvgIpc) is 2.61. The summed E-state index contributed by atoms with van der Waals surface area (Å²) in [7, 11) is 0. The standard InChI is InChI=1S/C11H8BrFN2O2/c12-10-8(5-9(16)17)14-15-11(10)6-3-1-2-4-7(6)13/h1-4H,5H2,(H,14,15)(H,16,17). The molecule has 0 spiro atoms. The number of carboxylic acid groups (broad SMARTS) is 1. The summed E-state index contributed by atoms with van der Waals surface area (Å²) in [5, 5.41) is 15.2. The molecule has 0 bridgehead atoms. The van der Waals surface area contributed by atoms with Crippen molar-refractivity contribution in [2.24, 2.45) is 0 Å². The maximum absolute atomic E-state index is 13.5. The SMILES string of the molecule is O=C(O)Cc1[nH]nc(-c2ccccc2F)c1Br. The summed E-state index contributed by atoms with van der Waals surface area (Å²) in [6.07, 6.45) is -0.192. The summed E-state index contributed by atoms with van der Waals surface area (Å²) in [5.74, 6) is -1.38. The quantitative estimate of drug-likeness (QED) is 0.915. The van der Waals surface area contributed by atoms with Crippen molar-refractivity contribution in [3.8, 4) is 11.3 Å². The summed E-state index contributed by atoms with van der Waals surface area (Å²) in [6.45, 7) is 0. The molecule has 0 amide bonds. The van der Waals surface area contributed by atoms with E-state index in [1.165, 1.54) is 6.07 Å². The number of H-pyrrole nitrogens is 1. The van der Waals surface area contributed by atoms with Crippen LogP contribution >= 0.6 is 15.9 Å². The molecule has 0 saturated carbocycles. The van der Waals surface area contributed by atoms with Crippen LogP contribution in [0.4, 0.5) is 4.39 Å². The lowest BCUT2D eigenvalue weighted by atomic mass is 10.1. The van der Waals surface area contributed by atoms with Crippen molar-refractivity contribution in [2.45, 2.75) is 6.42 Å². The molecule has 2 aromatic rings. The minimum Gasteiger partial charge on any atom is -0.481 e. The Kier molecular flexibility index (Phi) is 3.23. The van der Waals surface area contributed by atoms with E-state index in [1.54, 1.807) is 18.2 Å². The summed E-state index contributed by atoms with van der Waals surface area (Å²) in [6, 6.07) is 6.18. The number of nitrogens with zero attached hydrogens (tertiary/aromatic N) is 1. The van der Waals surface area contributed by atoms with Crippen molar-refractivity contribution >= 4 is 21.9 Å². The predicted octanol–water partition coefficient (Wildman–Crippen LogP) is 2.61. The molecule has 2 N–H and O–H groups in total. The third-order valence-corrected chi connectivity index (χ3v) is 3.09. The number of rotatable bonds is 3. The van der Waals surface area contributed by atoms with Crippen molar-refractivity contribution in [2.75, 3.05) is 0 Å². The largest absolute Gasteiger partial charge is 0.481 e. The molecular weight excluding hydrogens is 291 g/mol. The Morgan fingerprint density at radius 3 is 2.82 bits per heavy atom. The Balaban J connectivity index is 2.44.